The monoisotopic (exact) mass is 261 g/mol. The molecule has 19 heavy (non-hydrogen) atoms. The van der Waals surface area contributed by atoms with Crippen molar-refractivity contribution in [3.63, 3.8) is 0 Å². The number of pyridine rings is 1. The molecule has 1 unspecified atom stereocenters. The molecule has 1 heterocycles. The molecule has 106 valence electrons. The number of aryl methyl sites for hydroxylation is 1. The van der Waals surface area contributed by atoms with Crippen molar-refractivity contribution in [2.75, 3.05) is 14.1 Å². The Hall–Kier alpha value is -0.930. The van der Waals surface area contributed by atoms with E-state index in [9.17, 15) is 0 Å². The first-order chi connectivity index (χ1) is 9.06. The lowest BCUT2D eigenvalue weighted by Gasteiger charge is -2.44. The Bertz CT molecular complexity index is 389. The van der Waals surface area contributed by atoms with Crippen molar-refractivity contribution in [3.8, 4) is 0 Å². The summed E-state index contributed by atoms with van der Waals surface area (Å²) in [4.78, 5) is 6.76. The number of hydrogen-bond acceptors (Lipinski definition) is 3. The van der Waals surface area contributed by atoms with Gasteiger partial charge in [0.25, 0.3) is 0 Å². The van der Waals surface area contributed by atoms with Gasteiger partial charge in [0.2, 0.25) is 0 Å². The van der Waals surface area contributed by atoms with Crippen LogP contribution in [-0.2, 0) is 0 Å². The van der Waals surface area contributed by atoms with E-state index in [4.69, 9.17) is 5.73 Å². The van der Waals surface area contributed by atoms with Gasteiger partial charge in [-0.15, -0.1) is 0 Å². The molecule has 1 atom stereocenters. The lowest BCUT2D eigenvalue weighted by atomic mass is 9.79. The van der Waals surface area contributed by atoms with Crippen LogP contribution in [0.3, 0.4) is 0 Å². The average Bonchev–Trinajstić information content (AvgIpc) is 2.65. The summed E-state index contributed by atoms with van der Waals surface area (Å²) in [5.41, 5.74) is 8.95. The van der Waals surface area contributed by atoms with Crippen LogP contribution < -0.4 is 5.73 Å². The first kappa shape index (κ1) is 14.5. The Morgan fingerprint density at radius 1 is 1.16 bits per heavy atom. The highest BCUT2D eigenvalue weighted by Gasteiger charge is 2.39. The van der Waals surface area contributed by atoms with Gasteiger partial charge in [0.15, 0.2) is 0 Å². The summed E-state index contributed by atoms with van der Waals surface area (Å²) in [6.07, 6.45) is 9.58. The van der Waals surface area contributed by atoms with Crippen LogP contribution in [0.4, 0.5) is 0 Å². The summed E-state index contributed by atoms with van der Waals surface area (Å²) in [6, 6.07) is 4.26. The van der Waals surface area contributed by atoms with E-state index in [-0.39, 0.29) is 11.6 Å². The van der Waals surface area contributed by atoms with Crippen molar-refractivity contribution in [1.82, 2.24) is 9.88 Å². The van der Waals surface area contributed by atoms with E-state index in [1.54, 1.807) is 0 Å². The van der Waals surface area contributed by atoms with E-state index >= 15 is 0 Å². The molecule has 1 aromatic rings. The molecule has 1 fully saturated rings. The Labute approximate surface area is 117 Å². The fraction of sp³-hybridized carbons (Fsp3) is 0.688. The molecule has 0 aliphatic heterocycles. The van der Waals surface area contributed by atoms with Gasteiger partial charge < -0.3 is 10.6 Å². The molecule has 0 radical (unpaired) electrons. The second-order valence-electron chi connectivity index (χ2n) is 6.12. The zero-order chi connectivity index (χ0) is 13.9. The van der Waals surface area contributed by atoms with Crippen molar-refractivity contribution < 1.29 is 0 Å². The SMILES string of the molecule is Cc1ccc(C(N)C2(N(C)C)CCCCCC2)cn1. The third-order valence-corrected chi connectivity index (χ3v) is 4.73. The Kier molecular flexibility index (Phi) is 4.58. The predicted octanol–water partition coefficient (Wildman–Crippen LogP) is 3.04. The van der Waals surface area contributed by atoms with Crippen LogP contribution in [-0.4, -0.2) is 29.5 Å². The molecule has 2 N–H and O–H groups in total. The molecule has 0 bridgehead atoms. The van der Waals surface area contributed by atoms with Crippen LogP contribution in [0.25, 0.3) is 0 Å². The lowest BCUT2D eigenvalue weighted by molar-refractivity contribution is 0.0967. The van der Waals surface area contributed by atoms with E-state index in [0.717, 1.165) is 5.69 Å². The number of nitrogens with two attached hydrogens (primary N) is 1. The minimum absolute atomic E-state index is 0.0497. The minimum atomic E-state index is 0.0497. The van der Waals surface area contributed by atoms with E-state index in [1.807, 2.05) is 13.1 Å². The summed E-state index contributed by atoms with van der Waals surface area (Å²) < 4.78 is 0. The molecule has 0 spiro atoms. The predicted molar refractivity (Wildman–Crippen MR) is 80.0 cm³/mol. The number of rotatable bonds is 3. The Morgan fingerprint density at radius 2 is 1.79 bits per heavy atom. The summed E-state index contributed by atoms with van der Waals surface area (Å²) in [5.74, 6) is 0. The highest BCUT2D eigenvalue weighted by Crippen LogP contribution is 2.39. The van der Waals surface area contributed by atoms with Crippen LogP contribution in [0, 0.1) is 6.92 Å². The molecular weight excluding hydrogens is 234 g/mol. The van der Waals surface area contributed by atoms with Gasteiger partial charge in [-0.2, -0.15) is 0 Å². The van der Waals surface area contributed by atoms with E-state index in [1.165, 1.54) is 44.1 Å². The molecule has 3 heteroatoms. The van der Waals surface area contributed by atoms with Gasteiger partial charge in [0.05, 0.1) is 0 Å². The van der Waals surface area contributed by atoms with Crippen molar-refractivity contribution in [2.45, 2.75) is 57.0 Å². The van der Waals surface area contributed by atoms with Crippen molar-refractivity contribution in [2.24, 2.45) is 5.73 Å². The maximum atomic E-state index is 6.64. The lowest BCUT2D eigenvalue weighted by Crippen LogP contribution is -2.52. The molecule has 0 saturated heterocycles. The maximum Gasteiger partial charge on any atom is 0.0497 e. The normalized spacial score (nSPS) is 21.1. The van der Waals surface area contributed by atoms with E-state index < -0.39 is 0 Å². The quantitative estimate of drug-likeness (QED) is 0.850. The zero-order valence-corrected chi connectivity index (χ0v) is 12.5. The highest BCUT2D eigenvalue weighted by atomic mass is 15.2. The topological polar surface area (TPSA) is 42.1 Å². The fourth-order valence-electron chi connectivity index (χ4n) is 3.35. The van der Waals surface area contributed by atoms with Gasteiger partial charge in [-0.05, 0) is 45.5 Å². The van der Waals surface area contributed by atoms with E-state index in [2.05, 4.69) is 36.1 Å². The number of likely N-dealkylation sites (N-methyl/N-ethyl adjacent to an activating group) is 1. The van der Waals surface area contributed by atoms with E-state index in [0.29, 0.717) is 0 Å². The molecule has 0 amide bonds. The molecule has 1 saturated carbocycles. The van der Waals surface area contributed by atoms with Crippen molar-refractivity contribution >= 4 is 0 Å². The van der Waals surface area contributed by atoms with Gasteiger partial charge in [0, 0.05) is 23.5 Å². The van der Waals surface area contributed by atoms with Crippen LogP contribution in [0.1, 0.15) is 55.8 Å². The maximum absolute atomic E-state index is 6.64. The fourth-order valence-corrected chi connectivity index (χ4v) is 3.35. The zero-order valence-electron chi connectivity index (χ0n) is 12.5. The standard InChI is InChI=1S/C16H27N3/c1-13-8-9-14(12-18-13)15(17)16(19(2)3)10-6-4-5-7-11-16/h8-9,12,15H,4-7,10-11,17H2,1-3H3. The molecule has 1 aliphatic carbocycles. The van der Waals surface area contributed by atoms with Crippen LogP contribution >= 0.6 is 0 Å². The average molecular weight is 261 g/mol. The van der Waals surface area contributed by atoms with Gasteiger partial charge in [-0.25, -0.2) is 0 Å². The van der Waals surface area contributed by atoms with Crippen molar-refractivity contribution in [1.29, 1.82) is 0 Å². The smallest absolute Gasteiger partial charge is 0.0497 e. The Morgan fingerprint density at radius 3 is 2.26 bits per heavy atom. The second-order valence-corrected chi connectivity index (χ2v) is 6.12. The molecule has 1 aromatic heterocycles. The van der Waals surface area contributed by atoms with Gasteiger partial charge in [0.1, 0.15) is 0 Å². The largest absolute Gasteiger partial charge is 0.322 e. The van der Waals surface area contributed by atoms with Gasteiger partial charge in [-0.1, -0.05) is 31.7 Å². The number of aromatic nitrogens is 1. The summed E-state index contributed by atoms with van der Waals surface area (Å²) in [7, 11) is 4.35. The third-order valence-electron chi connectivity index (χ3n) is 4.73. The number of nitrogens with zero attached hydrogens (tertiary/aromatic N) is 2. The van der Waals surface area contributed by atoms with Crippen molar-refractivity contribution in [3.05, 3.63) is 29.6 Å². The van der Waals surface area contributed by atoms with Crippen LogP contribution in [0.2, 0.25) is 0 Å². The minimum Gasteiger partial charge on any atom is -0.322 e. The van der Waals surface area contributed by atoms with Gasteiger partial charge in [-0.3, -0.25) is 4.98 Å². The first-order valence-electron chi connectivity index (χ1n) is 7.42. The summed E-state index contributed by atoms with van der Waals surface area (Å²) >= 11 is 0. The third kappa shape index (κ3) is 2.98. The second kappa shape index (κ2) is 6.02. The summed E-state index contributed by atoms with van der Waals surface area (Å²) in [6.45, 7) is 2.02. The summed E-state index contributed by atoms with van der Waals surface area (Å²) in [5, 5.41) is 0. The molecule has 0 aromatic carbocycles. The van der Waals surface area contributed by atoms with Crippen LogP contribution in [0.15, 0.2) is 18.3 Å². The molecule has 2 rings (SSSR count). The molecular formula is C16H27N3. The number of hydrogen-bond donors (Lipinski definition) is 1. The molecule has 1 aliphatic rings. The van der Waals surface area contributed by atoms with Crippen LogP contribution in [0.5, 0.6) is 0 Å². The Balaban J connectivity index is 2.29. The highest BCUT2D eigenvalue weighted by molar-refractivity contribution is 5.21. The van der Waals surface area contributed by atoms with Gasteiger partial charge >= 0.3 is 0 Å². The first-order valence-corrected chi connectivity index (χ1v) is 7.42. The molecule has 3 nitrogen and oxygen atoms in total.